The maximum atomic E-state index is 11.3. The molecule has 4 nitrogen and oxygen atoms in total. The summed E-state index contributed by atoms with van der Waals surface area (Å²) >= 11 is 0. The second-order valence-electron chi connectivity index (χ2n) is 2.48. The first kappa shape index (κ1) is 10.2. The number of esters is 1. The second kappa shape index (κ2) is 5.01. The number of rotatable bonds is 3. The summed E-state index contributed by atoms with van der Waals surface area (Å²) in [6.07, 6.45) is 2.25. The van der Waals surface area contributed by atoms with Gasteiger partial charge in [0.05, 0.1) is 18.6 Å². The number of aliphatic hydroxyl groups is 1. The van der Waals surface area contributed by atoms with Gasteiger partial charge in [-0.2, -0.15) is 0 Å². The molecular formula is C10H11NO3. The number of ether oxygens (including phenoxy) is 1. The molecule has 0 aliphatic carbocycles. The number of hydrogen-bond acceptors (Lipinski definition) is 4. The van der Waals surface area contributed by atoms with Gasteiger partial charge in [-0.05, 0) is 19.1 Å². The second-order valence-corrected chi connectivity index (χ2v) is 2.48. The molecule has 0 bridgehead atoms. The summed E-state index contributed by atoms with van der Waals surface area (Å²) in [6.45, 7) is 1.97. The summed E-state index contributed by atoms with van der Waals surface area (Å²) in [7, 11) is 0. The summed E-state index contributed by atoms with van der Waals surface area (Å²) in [5, 5.41) is 8.87. The van der Waals surface area contributed by atoms with Crippen LogP contribution in [-0.4, -0.2) is 22.7 Å². The van der Waals surface area contributed by atoms with Crippen LogP contribution in [-0.2, 0) is 9.53 Å². The van der Waals surface area contributed by atoms with E-state index in [-0.39, 0.29) is 12.2 Å². The van der Waals surface area contributed by atoms with E-state index in [0.717, 1.165) is 0 Å². The molecular weight excluding hydrogens is 182 g/mol. The molecule has 1 aromatic heterocycles. The van der Waals surface area contributed by atoms with Crippen molar-refractivity contribution in [3.63, 3.8) is 0 Å². The van der Waals surface area contributed by atoms with Crippen molar-refractivity contribution in [1.82, 2.24) is 4.98 Å². The topological polar surface area (TPSA) is 59.4 Å². The molecule has 0 fully saturated rings. The van der Waals surface area contributed by atoms with Gasteiger partial charge in [-0.15, -0.1) is 0 Å². The van der Waals surface area contributed by atoms with Crippen molar-refractivity contribution in [2.45, 2.75) is 6.92 Å². The van der Waals surface area contributed by atoms with E-state index in [1.807, 2.05) is 0 Å². The van der Waals surface area contributed by atoms with Crippen LogP contribution in [0.25, 0.3) is 5.57 Å². The predicted octanol–water partition coefficient (Wildman–Crippen LogP) is 1.54. The first-order valence-corrected chi connectivity index (χ1v) is 4.22. The lowest BCUT2D eigenvalue weighted by atomic mass is 10.2. The highest BCUT2D eigenvalue weighted by atomic mass is 16.5. The number of aliphatic hydroxyl groups excluding tert-OH is 1. The van der Waals surface area contributed by atoms with Crippen LogP contribution in [0.1, 0.15) is 12.6 Å². The van der Waals surface area contributed by atoms with Crippen LogP contribution in [0, 0.1) is 0 Å². The molecule has 0 amide bonds. The van der Waals surface area contributed by atoms with Crippen LogP contribution in [0.4, 0.5) is 0 Å². The van der Waals surface area contributed by atoms with Crippen LogP contribution in [0.2, 0.25) is 0 Å². The molecule has 0 aliphatic rings. The van der Waals surface area contributed by atoms with E-state index in [0.29, 0.717) is 12.0 Å². The van der Waals surface area contributed by atoms with Gasteiger partial charge in [-0.3, -0.25) is 4.98 Å². The summed E-state index contributed by atoms with van der Waals surface area (Å²) in [4.78, 5) is 15.2. The van der Waals surface area contributed by atoms with Crippen molar-refractivity contribution in [2.75, 3.05) is 6.61 Å². The normalized spacial score (nSPS) is 11.1. The predicted molar refractivity (Wildman–Crippen MR) is 51.5 cm³/mol. The van der Waals surface area contributed by atoms with Gasteiger partial charge >= 0.3 is 5.97 Å². The Morgan fingerprint density at radius 1 is 1.64 bits per heavy atom. The Morgan fingerprint density at radius 2 is 2.43 bits per heavy atom. The van der Waals surface area contributed by atoms with Crippen LogP contribution >= 0.6 is 0 Å². The van der Waals surface area contributed by atoms with Gasteiger partial charge in [0.25, 0.3) is 0 Å². The third-order valence-electron chi connectivity index (χ3n) is 1.57. The third kappa shape index (κ3) is 2.32. The van der Waals surface area contributed by atoms with Gasteiger partial charge in [-0.1, -0.05) is 6.07 Å². The Kier molecular flexibility index (Phi) is 3.67. The molecule has 0 aromatic carbocycles. The van der Waals surface area contributed by atoms with Gasteiger partial charge in [-0.25, -0.2) is 4.79 Å². The van der Waals surface area contributed by atoms with E-state index >= 15 is 0 Å². The minimum Gasteiger partial charge on any atom is -0.515 e. The highest BCUT2D eigenvalue weighted by Gasteiger charge is 2.13. The van der Waals surface area contributed by atoms with E-state index in [1.54, 1.807) is 25.1 Å². The lowest BCUT2D eigenvalue weighted by Gasteiger charge is -2.03. The fraction of sp³-hybridized carbons (Fsp3) is 0.200. The average molecular weight is 193 g/mol. The van der Waals surface area contributed by atoms with Gasteiger partial charge in [0.2, 0.25) is 0 Å². The largest absolute Gasteiger partial charge is 0.515 e. The van der Waals surface area contributed by atoms with E-state index in [2.05, 4.69) is 4.98 Å². The van der Waals surface area contributed by atoms with Gasteiger partial charge in [0.1, 0.15) is 5.57 Å². The Morgan fingerprint density at radius 3 is 2.93 bits per heavy atom. The number of carbonyl (C=O) groups is 1. The van der Waals surface area contributed by atoms with Crippen molar-refractivity contribution in [3.8, 4) is 0 Å². The van der Waals surface area contributed by atoms with Crippen LogP contribution in [0.15, 0.2) is 30.7 Å². The molecule has 0 aliphatic heterocycles. The highest BCUT2D eigenvalue weighted by molar-refractivity contribution is 6.15. The Hall–Kier alpha value is -1.84. The maximum absolute atomic E-state index is 11.3. The molecule has 4 heteroatoms. The van der Waals surface area contributed by atoms with Crippen LogP contribution in [0.5, 0.6) is 0 Å². The fourth-order valence-corrected chi connectivity index (χ4v) is 0.954. The van der Waals surface area contributed by atoms with Gasteiger partial charge in [0, 0.05) is 6.20 Å². The summed E-state index contributed by atoms with van der Waals surface area (Å²) in [5.74, 6) is -0.575. The Bertz CT molecular complexity index is 332. The molecule has 74 valence electrons. The maximum Gasteiger partial charge on any atom is 0.343 e. The molecule has 0 atom stereocenters. The zero-order valence-electron chi connectivity index (χ0n) is 7.80. The average Bonchev–Trinajstić information content (AvgIpc) is 2.21. The lowest BCUT2D eigenvalue weighted by Crippen LogP contribution is -2.07. The van der Waals surface area contributed by atoms with E-state index in [4.69, 9.17) is 9.84 Å². The zero-order valence-corrected chi connectivity index (χ0v) is 7.80. The molecule has 0 unspecified atom stereocenters. The van der Waals surface area contributed by atoms with E-state index in [9.17, 15) is 4.79 Å². The van der Waals surface area contributed by atoms with Crippen molar-refractivity contribution in [3.05, 3.63) is 36.4 Å². The molecule has 0 radical (unpaired) electrons. The smallest absolute Gasteiger partial charge is 0.343 e. The van der Waals surface area contributed by atoms with Crippen molar-refractivity contribution in [1.29, 1.82) is 0 Å². The molecule has 0 saturated carbocycles. The summed E-state index contributed by atoms with van der Waals surface area (Å²) in [6, 6.07) is 5.08. The van der Waals surface area contributed by atoms with E-state index < -0.39 is 5.97 Å². The zero-order chi connectivity index (χ0) is 10.4. The first-order valence-electron chi connectivity index (χ1n) is 4.22. The summed E-state index contributed by atoms with van der Waals surface area (Å²) < 4.78 is 4.74. The minimum atomic E-state index is -0.575. The molecule has 1 N–H and O–H groups in total. The molecule has 1 heterocycles. The molecule has 1 aromatic rings. The number of hydrogen-bond donors (Lipinski definition) is 1. The number of aromatic nitrogens is 1. The minimum absolute atomic E-state index is 0.0625. The fourth-order valence-electron chi connectivity index (χ4n) is 0.954. The molecule has 0 saturated heterocycles. The summed E-state index contributed by atoms with van der Waals surface area (Å²) in [5.41, 5.74) is 0.459. The Balaban J connectivity index is 2.89. The van der Waals surface area contributed by atoms with Crippen molar-refractivity contribution < 1.29 is 14.6 Å². The van der Waals surface area contributed by atoms with Crippen molar-refractivity contribution in [2.24, 2.45) is 0 Å². The van der Waals surface area contributed by atoms with Crippen LogP contribution in [0.3, 0.4) is 0 Å². The Labute approximate surface area is 81.9 Å². The van der Waals surface area contributed by atoms with E-state index in [1.165, 1.54) is 6.20 Å². The number of nitrogens with zero attached hydrogens (tertiary/aromatic N) is 1. The standard InChI is InChI=1S/C10H11NO3/c1-2-14-10(13)8(7-12)9-5-3-4-6-11-9/h3-7,12H,2H2,1H3/b8-7-. The first-order chi connectivity index (χ1) is 6.79. The van der Waals surface area contributed by atoms with Crippen molar-refractivity contribution >= 4 is 11.5 Å². The lowest BCUT2D eigenvalue weighted by molar-refractivity contribution is -0.136. The molecule has 1 rings (SSSR count). The van der Waals surface area contributed by atoms with Crippen LogP contribution < -0.4 is 0 Å². The monoisotopic (exact) mass is 193 g/mol. The quantitative estimate of drug-likeness (QED) is 0.449. The van der Waals surface area contributed by atoms with Gasteiger partial charge in [0.15, 0.2) is 0 Å². The highest BCUT2D eigenvalue weighted by Crippen LogP contribution is 2.11. The number of carbonyl (C=O) groups excluding carboxylic acids is 1. The molecule has 0 spiro atoms. The third-order valence-corrected chi connectivity index (χ3v) is 1.57. The molecule has 14 heavy (non-hydrogen) atoms. The number of pyridine rings is 1. The SMILES string of the molecule is CCOC(=O)/C(=C\O)c1ccccn1. The van der Waals surface area contributed by atoms with Gasteiger partial charge < -0.3 is 9.84 Å².